The zero-order valence-electron chi connectivity index (χ0n) is 12.9. The van der Waals surface area contributed by atoms with Crippen molar-refractivity contribution in [2.75, 3.05) is 5.01 Å². The lowest BCUT2D eigenvalue weighted by atomic mass is 10.2. The number of ketones is 1. The van der Waals surface area contributed by atoms with Crippen LogP contribution in [0.25, 0.3) is 0 Å². The molecule has 0 bridgehead atoms. The Kier molecular flexibility index (Phi) is 4.72. The first-order chi connectivity index (χ1) is 11.1. The summed E-state index contributed by atoms with van der Waals surface area (Å²) in [5.41, 5.74) is 3.61. The highest BCUT2D eigenvalue weighted by molar-refractivity contribution is 9.10. The van der Waals surface area contributed by atoms with Crippen LogP contribution in [0, 0.1) is 0 Å². The number of nitrogens with zero attached hydrogens (tertiary/aromatic N) is 2. The molecule has 3 rings (SSSR count). The van der Waals surface area contributed by atoms with Crippen molar-refractivity contribution in [1.29, 1.82) is 0 Å². The number of rotatable bonds is 4. The number of allylic oxidation sites excluding steroid dienone is 2. The van der Waals surface area contributed by atoms with Gasteiger partial charge in [0.05, 0.1) is 12.2 Å². The van der Waals surface area contributed by atoms with Gasteiger partial charge in [0, 0.05) is 10.9 Å². The molecule has 0 aliphatic heterocycles. The highest BCUT2D eigenvalue weighted by Gasteiger charge is 2.21. The van der Waals surface area contributed by atoms with Gasteiger partial charge in [-0.05, 0) is 42.3 Å². The number of anilines is 1. The lowest BCUT2D eigenvalue weighted by molar-refractivity contribution is -0.111. The molecular formula is C19H17BrN2O. The molecule has 23 heavy (non-hydrogen) atoms. The van der Waals surface area contributed by atoms with Gasteiger partial charge in [0.25, 0.3) is 0 Å². The topological polar surface area (TPSA) is 32.7 Å². The Hall–Kier alpha value is -2.20. The molecule has 0 unspecified atom stereocenters. The van der Waals surface area contributed by atoms with Crippen molar-refractivity contribution >= 4 is 33.1 Å². The van der Waals surface area contributed by atoms with Gasteiger partial charge in [-0.3, -0.25) is 9.80 Å². The number of carbonyl (C=O) groups excluding carboxylic acids is 1. The predicted molar refractivity (Wildman–Crippen MR) is 97.6 cm³/mol. The fraction of sp³-hybridized carbons (Fsp3) is 0.158. The average Bonchev–Trinajstić information content (AvgIpc) is 2.88. The van der Waals surface area contributed by atoms with E-state index in [0.717, 1.165) is 21.3 Å². The van der Waals surface area contributed by atoms with Crippen molar-refractivity contribution in [3.05, 3.63) is 76.3 Å². The molecule has 116 valence electrons. The predicted octanol–water partition coefficient (Wildman–Crippen LogP) is 4.73. The fourth-order valence-electron chi connectivity index (χ4n) is 2.47. The van der Waals surface area contributed by atoms with E-state index >= 15 is 0 Å². The van der Waals surface area contributed by atoms with Gasteiger partial charge in [-0.15, -0.1) is 0 Å². The van der Waals surface area contributed by atoms with Gasteiger partial charge in [-0.1, -0.05) is 52.3 Å². The maximum Gasteiger partial charge on any atom is 0.187 e. The first kappa shape index (κ1) is 15.7. The third kappa shape index (κ3) is 3.77. The number of hydrazone groups is 1. The van der Waals surface area contributed by atoms with Crippen LogP contribution < -0.4 is 5.01 Å². The number of halogens is 1. The Morgan fingerprint density at radius 1 is 1.09 bits per heavy atom. The summed E-state index contributed by atoms with van der Waals surface area (Å²) < 4.78 is 1.02. The number of benzene rings is 2. The molecule has 1 aliphatic carbocycles. The summed E-state index contributed by atoms with van der Waals surface area (Å²) in [6.45, 7) is 2.55. The van der Waals surface area contributed by atoms with Gasteiger partial charge in [-0.2, -0.15) is 5.10 Å². The molecule has 0 spiro atoms. The second-order valence-electron chi connectivity index (χ2n) is 5.48. The van der Waals surface area contributed by atoms with Crippen molar-refractivity contribution in [2.45, 2.75) is 19.9 Å². The van der Waals surface area contributed by atoms with Crippen LogP contribution >= 0.6 is 15.9 Å². The summed E-state index contributed by atoms with van der Waals surface area (Å²) in [5, 5.41) is 6.54. The Morgan fingerprint density at radius 3 is 2.39 bits per heavy atom. The molecule has 0 saturated heterocycles. The Labute approximate surface area is 144 Å². The van der Waals surface area contributed by atoms with Crippen LogP contribution in [0.4, 0.5) is 5.69 Å². The van der Waals surface area contributed by atoms with Gasteiger partial charge in [0.15, 0.2) is 5.78 Å². The smallest absolute Gasteiger partial charge is 0.187 e. The molecule has 0 radical (unpaired) electrons. The van der Waals surface area contributed by atoms with Crippen molar-refractivity contribution in [3.63, 3.8) is 0 Å². The van der Waals surface area contributed by atoms with Crippen molar-refractivity contribution in [1.82, 2.24) is 0 Å². The summed E-state index contributed by atoms with van der Waals surface area (Å²) in [5.74, 6) is 0.0812. The van der Waals surface area contributed by atoms with E-state index in [1.807, 2.05) is 60.5 Å². The number of carbonyl (C=O) groups is 1. The van der Waals surface area contributed by atoms with E-state index in [0.29, 0.717) is 18.7 Å². The Morgan fingerprint density at radius 2 is 1.78 bits per heavy atom. The highest BCUT2D eigenvalue weighted by Crippen LogP contribution is 2.23. The minimum atomic E-state index is 0.0812. The van der Waals surface area contributed by atoms with Crippen LogP contribution in [-0.4, -0.2) is 11.5 Å². The average molecular weight is 369 g/mol. The van der Waals surface area contributed by atoms with Gasteiger partial charge in [0.2, 0.25) is 0 Å². The van der Waals surface area contributed by atoms with E-state index in [2.05, 4.69) is 33.2 Å². The molecule has 0 saturated carbocycles. The first-order valence-corrected chi connectivity index (χ1v) is 8.29. The molecule has 0 aromatic heterocycles. The molecule has 0 N–H and O–H groups in total. The number of hydrogen-bond donors (Lipinski definition) is 0. The molecular weight excluding hydrogens is 352 g/mol. The van der Waals surface area contributed by atoms with Gasteiger partial charge in [-0.25, -0.2) is 0 Å². The van der Waals surface area contributed by atoms with Crippen LogP contribution in [-0.2, 0) is 11.3 Å². The van der Waals surface area contributed by atoms with Crippen molar-refractivity contribution in [2.24, 2.45) is 5.10 Å². The second-order valence-corrected chi connectivity index (χ2v) is 6.40. The maximum atomic E-state index is 12.0. The molecule has 0 atom stereocenters. The SMILES string of the molecule is CC1=CCC(=O)/C1=N/N(Cc1ccccc1)c1ccc(Br)cc1. The van der Waals surface area contributed by atoms with E-state index < -0.39 is 0 Å². The quantitative estimate of drug-likeness (QED) is 0.730. The number of hydrogen-bond acceptors (Lipinski definition) is 3. The molecule has 0 fully saturated rings. The summed E-state index contributed by atoms with van der Waals surface area (Å²) in [6, 6.07) is 18.1. The second kappa shape index (κ2) is 6.92. The van der Waals surface area contributed by atoms with Crippen LogP contribution in [0.1, 0.15) is 18.9 Å². The molecule has 0 amide bonds. The summed E-state index contributed by atoms with van der Waals surface area (Å²) in [6.07, 6.45) is 2.38. The van der Waals surface area contributed by atoms with Crippen LogP contribution in [0.2, 0.25) is 0 Å². The van der Waals surface area contributed by atoms with E-state index in [4.69, 9.17) is 0 Å². The minimum absolute atomic E-state index is 0.0812. The van der Waals surface area contributed by atoms with Crippen molar-refractivity contribution in [3.8, 4) is 0 Å². The normalized spacial score (nSPS) is 15.8. The van der Waals surface area contributed by atoms with Gasteiger partial charge in [0.1, 0.15) is 5.71 Å². The Bertz CT molecular complexity index is 764. The number of Topliss-reactive ketones (excluding diaryl/α,β-unsaturated/α-hetero) is 1. The van der Waals surface area contributed by atoms with E-state index in [-0.39, 0.29) is 5.78 Å². The molecule has 2 aromatic carbocycles. The zero-order valence-corrected chi connectivity index (χ0v) is 14.5. The summed E-state index contributed by atoms with van der Waals surface area (Å²) in [4.78, 5) is 12.0. The minimum Gasteiger partial charge on any atom is -0.292 e. The van der Waals surface area contributed by atoms with Crippen molar-refractivity contribution < 1.29 is 4.79 Å². The van der Waals surface area contributed by atoms with E-state index in [1.54, 1.807) is 0 Å². The summed E-state index contributed by atoms with van der Waals surface area (Å²) in [7, 11) is 0. The van der Waals surface area contributed by atoms with Crippen LogP contribution in [0.3, 0.4) is 0 Å². The first-order valence-electron chi connectivity index (χ1n) is 7.49. The third-order valence-electron chi connectivity index (χ3n) is 3.75. The molecule has 1 aliphatic rings. The lowest BCUT2D eigenvalue weighted by Crippen LogP contribution is -2.21. The van der Waals surface area contributed by atoms with E-state index in [1.165, 1.54) is 0 Å². The monoisotopic (exact) mass is 368 g/mol. The standard InChI is InChI=1S/C19H17BrN2O/c1-14-7-12-18(23)19(14)21-22(13-15-5-3-2-4-6-15)17-10-8-16(20)9-11-17/h2-11H,12-13H2,1H3/b21-19+. The molecule has 3 nitrogen and oxygen atoms in total. The lowest BCUT2D eigenvalue weighted by Gasteiger charge is -2.20. The Balaban J connectivity index is 1.96. The highest BCUT2D eigenvalue weighted by atomic mass is 79.9. The summed E-state index contributed by atoms with van der Waals surface area (Å²) >= 11 is 3.45. The van der Waals surface area contributed by atoms with Crippen LogP contribution in [0.5, 0.6) is 0 Å². The third-order valence-corrected chi connectivity index (χ3v) is 4.28. The van der Waals surface area contributed by atoms with Gasteiger partial charge >= 0.3 is 0 Å². The van der Waals surface area contributed by atoms with E-state index in [9.17, 15) is 4.79 Å². The fourth-order valence-corrected chi connectivity index (χ4v) is 2.73. The maximum absolute atomic E-state index is 12.0. The van der Waals surface area contributed by atoms with Gasteiger partial charge < -0.3 is 0 Å². The molecule has 2 aromatic rings. The molecule has 4 heteroatoms. The molecule has 0 heterocycles. The van der Waals surface area contributed by atoms with Crippen LogP contribution in [0.15, 0.2) is 75.8 Å². The zero-order chi connectivity index (χ0) is 16.2. The largest absolute Gasteiger partial charge is 0.292 e.